The zero-order valence-electron chi connectivity index (χ0n) is 13.7. The maximum atomic E-state index is 5.45. The Kier molecular flexibility index (Phi) is 4.51. The second-order valence-corrected chi connectivity index (χ2v) is 6.25. The quantitative estimate of drug-likeness (QED) is 0.697. The fourth-order valence-electron chi connectivity index (χ4n) is 2.59. The first kappa shape index (κ1) is 15.4. The van der Waals surface area contributed by atoms with Gasteiger partial charge in [-0.3, -0.25) is 4.98 Å². The van der Waals surface area contributed by atoms with Gasteiger partial charge in [-0.05, 0) is 42.5 Å². The SMILES string of the molecule is CC(C)Cc1ccc(C(C)c2nc(-c3ccncc3)no2)cc1. The van der Waals surface area contributed by atoms with Gasteiger partial charge >= 0.3 is 0 Å². The summed E-state index contributed by atoms with van der Waals surface area (Å²) in [4.78, 5) is 8.52. The Balaban J connectivity index is 1.78. The molecule has 23 heavy (non-hydrogen) atoms. The molecule has 0 amide bonds. The van der Waals surface area contributed by atoms with Gasteiger partial charge in [0.2, 0.25) is 11.7 Å². The first-order valence-electron chi connectivity index (χ1n) is 7.96. The molecule has 1 atom stereocenters. The van der Waals surface area contributed by atoms with E-state index in [0.29, 0.717) is 17.6 Å². The predicted octanol–water partition coefficient (Wildman–Crippen LogP) is 4.48. The normalized spacial score (nSPS) is 12.5. The average Bonchev–Trinajstić information content (AvgIpc) is 3.05. The van der Waals surface area contributed by atoms with E-state index in [-0.39, 0.29) is 5.92 Å². The minimum absolute atomic E-state index is 0.0752. The number of rotatable bonds is 5. The van der Waals surface area contributed by atoms with Crippen LogP contribution in [0.15, 0.2) is 53.3 Å². The number of hydrogen-bond acceptors (Lipinski definition) is 4. The maximum absolute atomic E-state index is 5.45. The summed E-state index contributed by atoms with van der Waals surface area (Å²) < 4.78 is 5.45. The van der Waals surface area contributed by atoms with Crippen molar-refractivity contribution in [1.82, 2.24) is 15.1 Å². The van der Waals surface area contributed by atoms with E-state index in [4.69, 9.17) is 4.52 Å². The first-order valence-corrected chi connectivity index (χ1v) is 7.96. The van der Waals surface area contributed by atoms with Gasteiger partial charge in [-0.2, -0.15) is 4.98 Å². The molecule has 0 bridgehead atoms. The minimum Gasteiger partial charge on any atom is -0.338 e. The molecule has 4 heteroatoms. The summed E-state index contributed by atoms with van der Waals surface area (Å²) in [5.41, 5.74) is 3.45. The Morgan fingerprint density at radius 1 is 0.957 bits per heavy atom. The Hall–Kier alpha value is -2.49. The molecule has 0 aliphatic carbocycles. The van der Waals surface area contributed by atoms with Gasteiger partial charge in [-0.1, -0.05) is 43.3 Å². The molecule has 2 heterocycles. The van der Waals surface area contributed by atoms with Crippen molar-refractivity contribution in [3.63, 3.8) is 0 Å². The van der Waals surface area contributed by atoms with Crippen LogP contribution in [0, 0.1) is 5.92 Å². The average molecular weight is 307 g/mol. The molecular weight excluding hydrogens is 286 g/mol. The van der Waals surface area contributed by atoms with Gasteiger partial charge in [0.15, 0.2) is 0 Å². The molecule has 4 nitrogen and oxygen atoms in total. The zero-order chi connectivity index (χ0) is 16.2. The fourth-order valence-corrected chi connectivity index (χ4v) is 2.59. The van der Waals surface area contributed by atoms with Crippen molar-refractivity contribution >= 4 is 0 Å². The van der Waals surface area contributed by atoms with Crippen LogP contribution >= 0.6 is 0 Å². The lowest BCUT2D eigenvalue weighted by atomic mass is 9.97. The highest BCUT2D eigenvalue weighted by molar-refractivity contribution is 5.52. The molecule has 1 aromatic carbocycles. The molecule has 1 unspecified atom stereocenters. The van der Waals surface area contributed by atoms with E-state index in [1.165, 1.54) is 11.1 Å². The van der Waals surface area contributed by atoms with Gasteiger partial charge < -0.3 is 4.52 Å². The molecule has 0 aliphatic rings. The third-order valence-corrected chi connectivity index (χ3v) is 3.87. The van der Waals surface area contributed by atoms with Crippen molar-refractivity contribution in [2.75, 3.05) is 0 Å². The smallest absolute Gasteiger partial charge is 0.234 e. The van der Waals surface area contributed by atoms with Gasteiger partial charge in [0, 0.05) is 18.0 Å². The number of benzene rings is 1. The summed E-state index contributed by atoms with van der Waals surface area (Å²) in [6.07, 6.45) is 4.55. The van der Waals surface area contributed by atoms with Gasteiger partial charge in [-0.15, -0.1) is 0 Å². The number of pyridine rings is 1. The van der Waals surface area contributed by atoms with E-state index >= 15 is 0 Å². The highest BCUT2D eigenvalue weighted by Gasteiger charge is 2.17. The van der Waals surface area contributed by atoms with Gasteiger partial charge in [0.05, 0.1) is 5.92 Å². The first-order chi connectivity index (χ1) is 11.1. The van der Waals surface area contributed by atoms with Crippen molar-refractivity contribution in [3.05, 3.63) is 65.8 Å². The lowest BCUT2D eigenvalue weighted by Crippen LogP contribution is -1.98. The minimum atomic E-state index is 0.0752. The molecule has 3 rings (SSSR count). The zero-order valence-corrected chi connectivity index (χ0v) is 13.7. The molecule has 3 aromatic rings. The highest BCUT2D eigenvalue weighted by Crippen LogP contribution is 2.25. The fraction of sp³-hybridized carbons (Fsp3) is 0.316. The number of nitrogens with zero attached hydrogens (tertiary/aromatic N) is 3. The van der Waals surface area contributed by atoms with Crippen molar-refractivity contribution in [1.29, 1.82) is 0 Å². The molecule has 0 spiro atoms. The van der Waals surface area contributed by atoms with E-state index in [0.717, 1.165) is 12.0 Å². The van der Waals surface area contributed by atoms with E-state index in [1.54, 1.807) is 12.4 Å². The van der Waals surface area contributed by atoms with Crippen molar-refractivity contribution in [2.24, 2.45) is 5.92 Å². The maximum Gasteiger partial charge on any atom is 0.234 e. The Morgan fingerprint density at radius 3 is 2.30 bits per heavy atom. The molecule has 0 aliphatic heterocycles. The summed E-state index contributed by atoms with van der Waals surface area (Å²) in [6.45, 7) is 6.55. The van der Waals surface area contributed by atoms with E-state index < -0.39 is 0 Å². The van der Waals surface area contributed by atoms with E-state index in [1.807, 2.05) is 12.1 Å². The van der Waals surface area contributed by atoms with Crippen LogP contribution in [-0.4, -0.2) is 15.1 Å². The van der Waals surface area contributed by atoms with Crippen LogP contribution < -0.4 is 0 Å². The molecule has 0 radical (unpaired) electrons. The molecule has 2 aromatic heterocycles. The summed E-state index contributed by atoms with van der Waals surface area (Å²) in [5.74, 6) is 1.97. The highest BCUT2D eigenvalue weighted by atomic mass is 16.5. The van der Waals surface area contributed by atoms with Crippen molar-refractivity contribution < 1.29 is 4.52 Å². The largest absolute Gasteiger partial charge is 0.338 e. The van der Waals surface area contributed by atoms with Crippen molar-refractivity contribution in [3.8, 4) is 11.4 Å². The molecule has 0 N–H and O–H groups in total. The van der Waals surface area contributed by atoms with Crippen LogP contribution in [0.2, 0.25) is 0 Å². The molecule has 118 valence electrons. The van der Waals surface area contributed by atoms with Crippen LogP contribution in [0.25, 0.3) is 11.4 Å². The Bertz CT molecular complexity index is 748. The summed E-state index contributed by atoms with van der Waals surface area (Å²) in [7, 11) is 0. The lowest BCUT2D eigenvalue weighted by molar-refractivity contribution is 0.371. The van der Waals surface area contributed by atoms with E-state index in [2.05, 4.69) is 60.2 Å². The molecule has 0 fully saturated rings. The number of aromatic nitrogens is 3. The third-order valence-electron chi connectivity index (χ3n) is 3.87. The summed E-state index contributed by atoms with van der Waals surface area (Å²) in [6, 6.07) is 12.4. The second kappa shape index (κ2) is 6.73. The van der Waals surface area contributed by atoms with Gasteiger partial charge in [0.1, 0.15) is 0 Å². The summed E-state index contributed by atoms with van der Waals surface area (Å²) in [5, 5.41) is 4.08. The van der Waals surface area contributed by atoms with E-state index in [9.17, 15) is 0 Å². The topological polar surface area (TPSA) is 51.8 Å². The monoisotopic (exact) mass is 307 g/mol. The van der Waals surface area contributed by atoms with Crippen LogP contribution in [-0.2, 0) is 6.42 Å². The molecular formula is C19H21N3O. The van der Waals surface area contributed by atoms with Crippen LogP contribution in [0.3, 0.4) is 0 Å². The van der Waals surface area contributed by atoms with Crippen LogP contribution in [0.5, 0.6) is 0 Å². The molecule has 0 saturated heterocycles. The van der Waals surface area contributed by atoms with Crippen molar-refractivity contribution in [2.45, 2.75) is 33.1 Å². The van der Waals surface area contributed by atoms with Gasteiger partial charge in [-0.25, -0.2) is 0 Å². The predicted molar refractivity (Wildman–Crippen MR) is 90.0 cm³/mol. The third kappa shape index (κ3) is 3.65. The Labute approximate surface area is 136 Å². The summed E-state index contributed by atoms with van der Waals surface area (Å²) >= 11 is 0. The Morgan fingerprint density at radius 2 is 1.65 bits per heavy atom. The standard InChI is InChI=1S/C19H21N3O/c1-13(2)12-15-4-6-16(7-5-15)14(3)19-21-18(22-23-19)17-8-10-20-11-9-17/h4-11,13-14H,12H2,1-3H3. The second-order valence-electron chi connectivity index (χ2n) is 6.25. The van der Waals surface area contributed by atoms with Crippen LogP contribution in [0.1, 0.15) is 43.7 Å². The van der Waals surface area contributed by atoms with Gasteiger partial charge in [0.25, 0.3) is 0 Å². The lowest BCUT2D eigenvalue weighted by Gasteiger charge is -2.09. The molecule has 0 saturated carbocycles. The number of hydrogen-bond donors (Lipinski definition) is 0. The van der Waals surface area contributed by atoms with Crippen LogP contribution in [0.4, 0.5) is 0 Å².